The molecule has 1 saturated heterocycles. The third-order valence-corrected chi connectivity index (χ3v) is 5.55. The molecule has 2 atom stereocenters. The number of hydrogen-bond donors (Lipinski definition) is 2. The van der Waals surface area contributed by atoms with E-state index in [9.17, 15) is 15.0 Å². The number of amides is 1. The van der Waals surface area contributed by atoms with Gasteiger partial charge in [0.1, 0.15) is 0 Å². The molecule has 1 aliphatic heterocycles. The molecule has 7 heteroatoms. The number of carbonyl (C=O) groups excluding carboxylic acids is 1. The Hall–Kier alpha value is -1.44. The number of aliphatic hydroxyl groups is 2. The maximum atomic E-state index is 12.6. The zero-order valence-electron chi connectivity index (χ0n) is 13.3. The molecular formula is C16H23N3O3S. The van der Waals surface area contributed by atoms with E-state index in [4.69, 9.17) is 0 Å². The first-order valence-electron chi connectivity index (χ1n) is 8.06. The van der Waals surface area contributed by atoms with Crippen LogP contribution in [-0.2, 0) is 11.2 Å². The predicted octanol–water partition coefficient (Wildman–Crippen LogP) is 1.31. The fraction of sp³-hybridized carbons (Fsp3) is 0.625. The fourth-order valence-corrected chi connectivity index (χ4v) is 4.19. The molecule has 0 radical (unpaired) electrons. The average Bonchev–Trinajstić information content (AvgIpc) is 3.11. The summed E-state index contributed by atoms with van der Waals surface area (Å²) in [5.74, 6) is 0.0107. The highest BCUT2D eigenvalue weighted by Crippen LogP contribution is 2.34. The summed E-state index contributed by atoms with van der Waals surface area (Å²) in [6.45, 7) is 2.89. The van der Waals surface area contributed by atoms with E-state index in [1.54, 1.807) is 16.2 Å². The van der Waals surface area contributed by atoms with Crippen LogP contribution in [0.25, 0.3) is 4.96 Å². The number of aromatic nitrogens is 2. The van der Waals surface area contributed by atoms with Crippen molar-refractivity contribution in [2.45, 2.75) is 38.7 Å². The summed E-state index contributed by atoms with van der Waals surface area (Å²) in [6, 6.07) is 0. The minimum Gasteiger partial charge on any atom is -0.396 e. The zero-order valence-corrected chi connectivity index (χ0v) is 14.1. The van der Waals surface area contributed by atoms with Gasteiger partial charge >= 0.3 is 0 Å². The largest absolute Gasteiger partial charge is 0.396 e. The van der Waals surface area contributed by atoms with Gasteiger partial charge in [0, 0.05) is 36.3 Å². The van der Waals surface area contributed by atoms with E-state index in [-0.39, 0.29) is 18.9 Å². The van der Waals surface area contributed by atoms with Gasteiger partial charge < -0.3 is 15.1 Å². The van der Waals surface area contributed by atoms with Crippen LogP contribution in [0.4, 0.5) is 0 Å². The van der Waals surface area contributed by atoms with E-state index >= 15 is 0 Å². The molecule has 3 rings (SSSR count). The molecule has 0 spiro atoms. The van der Waals surface area contributed by atoms with Crippen molar-refractivity contribution in [2.24, 2.45) is 5.41 Å². The first kappa shape index (κ1) is 16.4. The minimum atomic E-state index is -0.586. The van der Waals surface area contributed by atoms with Crippen molar-refractivity contribution < 1.29 is 15.0 Å². The summed E-state index contributed by atoms with van der Waals surface area (Å²) in [4.78, 5) is 19.7. The SMILES string of the molecule is CCC[C@@]1(CO)CN(C(=O)Cc2cn3ccsc3n2)CC[C@H]1O. The molecule has 0 unspecified atom stereocenters. The van der Waals surface area contributed by atoms with Crippen LogP contribution in [0.15, 0.2) is 17.8 Å². The molecule has 0 bridgehead atoms. The lowest BCUT2D eigenvalue weighted by Crippen LogP contribution is -2.55. The summed E-state index contributed by atoms with van der Waals surface area (Å²) >= 11 is 1.54. The molecule has 1 aliphatic rings. The molecule has 2 aromatic heterocycles. The van der Waals surface area contributed by atoms with Gasteiger partial charge in [0.2, 0.25) is 5.91 Å². The van der Waals surface area contributed by atoms with Gasteiger partial charge in [-0.05, 0) is 12.8 Å². The van der Waals surface area contributed by atoms with E-state index in [2.05, 4.69) is 4.98 Å². The van der Waals surface area contributed by atoms with E-state index in [0.29, 0.717) is 25.9 Å². The Bertz CT molecular complexity index is 654. The summed E-state index contributed by atoms with van der Waals surface area (Å²) in [7, 11) is 0. The van der Waals surface area contributed by atoms with E-state index in [1.807, 2.05) is 29.1 Å². The van der Waals surface area contributed by atoms with Crippen molar-refractivity contribution in [1.29, 1.82) is 0 Å². The van der Waals surface area contributed by atoms with Crippen LogP contribution in [0, 0.1) is 5.41 Å². The van der Waals surface area contributed by atoms with Crippen LogP contribution in [-0.4, -0.2) is 56.2 Å². The van der Waals surface area contributed by atoms with Gasteiger partial charge in [-0.3, -0.25) is 9.20 Å². The summed E-state index contributed by atoms with van der Waals surface area (Å²) < 4.78 is 1.92. The van der Waals surface area contributed by atoms with Crippen LogP contribution in [0.5, 0.6) is 0 Å². The molecule has 0 aromatic carbocycles. The molecule has 3 heterocycles. The normalized spacial score (nSPS) is 25.2. The maximum absolute atomic E-state index is 12.6. The van der Waals surface area contributed by atoms with Crippen LogP contribution in [0.2, 0.25) is 0 Å². The first-order valence-corrected chi connectivity index (χ1v) is 8.94. The molecule has 1 fully saturated rings. The molecule has 126 valence electrons. The standard InChI is InChI=1S/C16H23N3O3S/c1-2-4-16(11-20)10-19(5-3-13(16)21)14(22)8-12-9-18-6-7-23-15(18)17-12/h6-7,9,13,20-21H,2-5,8,10-11H2,1H3/t13-,16+/m1/s1. The van der Waals surface area contributed by atoms with Gasteiger partial charge in [0.25, 0.3) is 0 Å². The second-order valence-corrected chi connectivity index (χ2v) is 7.27. The van der Waals surface area contributed by atoms with Gasteiger partial charge in [0.05, 0.1) is 24.8 Å². The lowest BCUT2D eigenvalue weighted by atomic mass is 9.74. The summed E-state index contributed by atoms with van der Waals surface area (Å²) in [5.41, 5.74) is 0.176. The Morgan fingerprint density at radius 2 is 2.39 bits per heavy atom. The molecule has 1 amide bonds. The molecule has 2 N–H and O–H groups in total. The Labute approximate surface area is 139 Å². The van der Waals surface area contributed by atoms with Gasteiger partial charge in [-0.25, -0.2) is 4.98 Å². The number of aliphatic hydroxyl groups excluding tert-OH is 2. The number of likely N-dealkylation sites (tertiary alicyclic amines) is 1. The van der Waals surface area contributed by atoms with Crippen LogP contribution in [0.1, 0.15) is 31.9 Å². The number of rotatable bonds is 5. The number of hydrogen-bond acceptors (Lipinski definition) is 5. The number of fused-ring (bicyclic) bond motifs is 1. The Morgan fingerprint density at radius 3 is 3.09 bits per heavy atom. The van der Waals surface area contributed by atoms with Crippen molar-refractivity contribution in [3.63, 3.8) is 0 Å². The number of imidazole rings is 1. The second-order valence-electron chi connectivity index (χ2n) is 6.39. The van der Waals surface area contributed by atoms with Crippen molar-refractivity contribution in [3.05, 3.63) is 23.5 Å². The topological polar surface area (TPSA) is 78.1 Å². The first-order chi connectivity index (χ1) is 11.1. The highest BCUT2D eigenvalue weighted by Gasteiger charge is 2.42. The van der Waals surface area contributed by atoms with Crippen LogP contribution in [0.3, 0.4) is 0 Å². The molecule has 0 saturated carbocycles. The third kappa shape index (κ3) is 3.13. The zero-order chi connectivity index (χ0) is 16.4. The number of piperidine rings is 1. The molecule has 2 aromatic rings. The third-order valence-electron chi connectivity index (χ3n) is 4.78. The molecule has 6 nitrogen and oxygen atoms in total. The van der Waals surface area contributed by atoms with Gasteiger partial charge in [-0.2, -0.15) is 0 Å². The molecule has 0 aliphatic carbocycles. The van der Waals surface area contributed by atoms with Gasteiger partial charge in [0.15, 0.2) is 4.96 Å². The van der Waals surface area contributed by atoms with Crippen molar-refractivity contribution in [2.75, 3.05) is 19.7 Å². The highest BCUT2D eigenvalue weighted by atomic mass is 32.1. The Balaban J connectivity index is 1.70. The fourth-order valence-electron chi connectivity index (χ4n) is 3.47. The number of carbonyl (C=O) groups is 1. The lowest BCUT2D eigenvalue weighted by Gasteiger charge is -2.45. The maximum Gasteiger partial charge on any atom is 0.228 e. The predicted molar refractivity (Wildman–Crippen MR) is 88.4 cm³/mol. The Morgan fingerprint density at radius 1 is 1.57 bits per heavy atom. The number of nitrogens with zero attached hydrogens (tertiary/aromatic N) is 3. The smallest absolute Gasteiger partial charge is 0.228 e. The van der Waals surface area contributed by atoms with Crippen molar-refractivity contribution in [3.8, 4) is 0 Å². The van der Waals surface area contributed by atoms with E-state index in [1.165, 1.54) is 0 Å². The molecule has 23 heavy (non-hydrogen) atoms. The van der Waals surface area contributed by atoms with Gasteiger partial charge in [-0.1, -0.05) is 13.3 Å². The highest BCUT2D eigenvalue weighted by molar-refractivity contribution is 7.15. The van der Waals surface area contributed by atoms with Crippen molar-refractivity contribution in [1.82, 2.24) is 14.3 Å². The quantitative estimate of drug-likeness (QED) is 0.862. The van der Waals surface area contributed by atoms with Crippen LogP contribution >= 0.6 is 11.3 Å². The second kappa shape index (κ2) is 6.59. The van der Waals surface area contributed by atoms with E-state index in [0.717, 1.165) is 17.1 Å². The van der Waals surface area contributed by atoms with Crippen molar-refractivity contribution >= 4 is 22.2 Å². The average molecular weight is 337 g/mol. The summed E-state index contributed by atoms with van der Waals surface area (Å²) in [5, 5.41) is 22.0. The summed E-state index contributed by atoms with van der Waals surface area (Å²) in [6.07, 6.45) is 5.63. The molecular weight excluding hydrogens is 314 g/mol. The minimum absolute atomic E-state index is 0.0107. The van der Waals surface area contributed by atoms with Crippen LogP contribution < -0.4 is 0 Å². The lowest BCUT2D eigenvalue weighted by molar-refractivity contribution is -0.141. The number of thiazole rings is 1. The monoisotopic (exact) mass is 337 g/mol. The van der Waals surface area contributed by atoms with E-state index < -0.39 is 11.5 Å². The Kier molecular flexibility index (Phi) is 4.70. The van der Waals surface area contributed by atoms with Gasteiger partial charge in [-0.15, -0.1) is 11.3 Å².